The van der Waals surface area contributed by atoms with Crippen LogP contribution in [0.15, 0.2) is 48.5 Å². The Morgan fingerprint density at radius 2 is 1.86 bits per heavy atom. The molecule has 1 aliphatic rings. The minimum atomic E-state index is -3.40. The van der Waals surface area contributed by atoms with Gasteiger partial charge in [0.25, 0.3) is 0 Å². The lowest BCUT2D eigenvalue weighted by Crippen LogP contribution is -2.33. The first-order valence-electron chi connectivity index (χ1n) is 7.31. The molecule has 1 heterocycles. The average molecular weight is 317 g/mol. The zero-order chi connectivity index (χ0) is 15.6. The van der Waals surface area contributed by atoms with Crippen molar-refractivity contribution in [3.63, 3.8) is 0 Å². The number of aryl methyl sites for hydroxylation is 1. The van der Waals surface area contributed by atoms with E-state index in [2.05, 4.69) is 4.72 Å². The minimum Gasteiger partial charge on any atom is -0.493 e. The van der Waals surface area contributed by atoms with E-state index < -0.39 is 10.0 Å². The van der Waals surface area contributed by atoms with Crippen LogP contribution in [-0.4, -0.2) is 15.0 Å². The number of fused-ring (bicyclic) bond motifs is 1. The predicted octanol–water partition coefficient (Wildman–Crippen LogP) is 2.94. The molecule has 4 nitrogen and oxygen atoms in total. The molecule has 1 atom stereocenters. The van der Waals surface area contributed by atoms with Crippen LogP contribution >= 0.6 is 0 Å². The van der Waals surface area contributed by atoms with Crippen LogP contribution < -0.4 is 9.46 Å². The molecular formula is C17H19NO3S. The van der Waals surface area contributed by atoms with E-state index >= 15 is 0 Å². The van der Waals surface area contributed by atoms with Gasteiger partial charge in [-0.2, -0.15) is 0 Å². The third-order valence-electron chi connectivity index (χ3n) is 3.76. The molecule has 0 spiro atoms. The number of nitrogens with one attached hydrogen (secondary N) is 1. The standard InChI is InChI=1S/C17H19NO3S/c1-13-6-8-14(9-7-13)12-22(19,20)18-16-10-11-21-17-5-3-2-4-15(16)17/h2-9,16,18H,10-12H2,1H3. The van der Waals surface area contributed by atoms with E-state index in [0.717, 1.165) is 22.4 Å². The molecular weight excluding hydrogens is 298 g/mol. The molecule has 0 bridgehead atoms. The van der Waals surface area contributed by atoms with Crippen molar-refractivity contribution in [1.82, 2.24) is 4.72 Å². The van der Waals surface area contributed by atoms with Crippen LogP contribution in [0.4, 0.5) is 0 Å². The number of rotatable bonds is 4. The summed E-state index contributed by atoms with van der Waals surface area (Å²) in [6.45, 7) is 2.50. The van der Waals surface area contributed by atoms with Gasteiger partial charge in [-0.3, -0.25) is 0 Å². The Hall–Kier alpha value is -1.85. The molecule has 0 fully saturated rings. The van der Waals surface area contributed by atoms with Crippen molar-refractivity contribution in [2.24, 2.45) is 0 Å². The fraction of sp³-hybridized carbons (Fsp3) is 0.294. The third-order valence-corrected chi connectivity index (χ3v) is 5.11. The Morgan fingerprint density at radius 3 is 2.64 bits per heavy atom. The summed E-state index contributed by atoms with van der Waals surface area (Å²) in [5, 5.41) is 0. The van der Waals surface area contributed by atoms with Crippen LogP contribution in [0.1, 0.15) is 29.2 Å². The summed E-state index contributed by atoms with van der Waals surface area (Å²) in [5.74, 6) is 0.754. The lowest BCUT2D eigenvalue weighted by molar-refractivity contribution is 0.263. The van der Waals surface area contributed by atoms with E-state index in [9.17, 15) is 8.42 Å². The topological polar surface area (TPSA) is 55.4 Å². The molecule has 0 aromatic heterocycles. The highest BCUT2D eigenvalue weighted by atomic mass is 32.2. The zero-order valence-corrected chi connectivity index (χ0v) is 13.3. The Balaban J connectivity index is 1.76. The van der Waals surface area contributed by atoms with Crippen molar-refractivity contribution in [2.75, 3.05) is 6.61 Å². The maximum atomic E-state index is 12.4. The van der Waals surface area contributed by atoms with Crippen molar-refractivity contribution in [1.29, 1.82) is 0 Å². The van der Waals surface area contributed by atoms with Crippen LogP contribution in [-0.2, 0) is 15.8 Å². The lowest BCUT2D eigenvalue weighted by Gasteiger charge is -2.26. The van der Waals surface area contributed by atoms with E-state index in [1.54, 1.807) is 0 Å². The molecule has 1 aliphatic heterocycles. The number of sulfonamides is 1. The quantitative estimate of drug-likeness (QED) is 0.943. The van der Waals surface area contributed by atoms with Crippen LogP contribution in [0.25, 0.3) is 0 Å². The molecule has 1 N–H and O–H groups in total. The van der Waals surface area contributed by atoms with Gasteiger partial charge in [0.15, 0.2) is 0 Å². The number of para-hydroxylation sites is 1. The number of hydrogen-bond donors (Lipinski definition) is 1. The molecule has 1 unspecified atom stereocenters. The van der Waals surface area contributed by atoms with E-state index in [1.165, 1.54) is 0 Å². The monoisotopic (exact) mass is 317 g/mol. The van der Waals surface area contributed by atoms with Gasteiger partial charge in [0.1, 0.15) is 5.75 Å². The Morgan fingerprint density at radius 1 is 1.14 bits per heavy atom. The number of hydrogen-bond acceptors (Lipinski definition) is 3. The van der Waals surface area contributed by atoms with E-state index in [1.807, 2.05) is 55.5 Å². The maximum absolute atomic E-state index is 12.4. The third kappa shape index (κ3) is 3.48. The molecule has 0 saturated heterocycles. The summed E-state index contributed by atoms with van der Waals surface area (Å²) in [7, 11) is -3.40. The number of ether oxygens (including phenoxy) is 1. The van der Waals surface area contributed by atoms with Gasteiger partial charge in [-0.15, -0.1) is 0 Å². The first kappa shape index (κ1) is 15.1. The largest absolute Gasteiger partial charge is 0.493 e. The lowest BCUT2D eigenvalue weighted by atomic mass is 10.0. The van der Waals surface area contributed by atoms with Gasteiger partial charge >= 0.3 is 0 Å². The maximum Gasteiger partial charge on any atom is 0.216 e. The fourth-order valence-electron chi connectivity index (χ4n) is 2.63. The van der Waals surface area contributed by atoms with Crippen LogP contribution in [0.2, 0.25) is 0 Å². The molecule has 2 aromatic rings. The first-order valence-corrected chi connectivity index (χ1v) is 8.96. The Labute approximate surface area is 131 Å². The van der Waals surface area contributed by atoms with E-state index in [-0.39, 0.29) is 11.8 Å². The molecule has 0 radical (unpaired) electrons. The van der Waals surface area contributed by atoms with Gasteiger partial charge in [0.2, 0.25) is 10.0 Å². The van der Waals surface area contributed by atoms with Gasteiger partial charge in [-0.05, 0) is 18.6 Å². The van der Waals surface area contributed by atoms with Crippen molar-refractivity contribution in [3.8, 4) is 5.75 Å². The molecule has 3 rings (SSSR count). The van der Waals surface area contributed by atoms with Crippen molar-refractivity contribution < 1.29 is 13.2 Å². The van der Waals surface area contributed by atoms with Gasteiger partial charge in [-0.1, -0.05) is 48.0 Å². The SMILES string of the molecule is Cc1ccc(CS(=O)(=O)NC2CCOc3ccccc32)cc1. The number of benzene rings is 2. The summed E-state index contributed by atoms with van der Waals surface area (Å²) in [6.07, 6.45) is 0.643. The second kappa shape index (κ2) is 6.10. The summed E-state index contributed by atoms with van der Waals surface area (Å²) >= 11 is 0. The summed E-state index contributed by atoms with van der Waals surface area (Å²) in [6, 6.07) is 14.9. The Bertz CT molecular complexity index is 754. The van der Waals surface area contributed by atoms with Crippen LogP contribution in [0.3, 0.4) is 0 Å². The van der Waals surface area contributed by atoms with Gasteiger partial charge in [-0.25, -0.2) is 13.1 Å². The van der Waals surface area contributed by atoms with Crippen LogP contribution in [0.5, 0.6) is 5.75 Å². The average Bonchev–Trinajstić information content (AvgIpc) is 2.49. The molecule has 22 heavy (non-hydrogen) atoms. The molecule has 0 aliphatic carbocycles. The zero-order valence-electron chi connectivity index (χ0n) is 12.5. The summed E-state index contributed by atoms with van der Waals surface area (Å²) in [4.78, 5) is 0. The van der Waals surface area contributed by atoms with E-state index in [4.69, 9.17) is 4.74 Å². The van der Waals surface area contributed by atoms with Crippen molar-refractivity contribution >= 4 is 10.0 Å². The molecule has 0 saturated carbocycles. The molecule has 116 valence electrons. The highest BCUT2D eigenvalue weighted by molar-refractivity contribution is 7.88. The molecule has 0 amide bonds. The fourth-order valence-corrected chi connectivity index (χ4v) is 4.02. The van der Waals surface area contributed by atoms with Gasteiger partial charge in [0, 0.05) is 12.0 Å². The van der Waals surface area contributed by atoms with Crippen LogP contribution in [0, 0.1) is 6.92 Å². The summed E-state index contributed by atoms with van der Waals surface area (Å²) in [5.41, 5.74) is 2.81. The van der Waals surface area contributed by atoms with Gasteiger partial charge in [0.05, 0.1) is 18.4 Å². The Kier molecular flexibility index (Phi) is 4.18. The predicted molar refractivity (Wildman–Crippen MR) is 86.2 cm³/mol. The summed E-state index contributed by atoms with van der Waals surface area (Å²) < 4.78 is 33.2. The molecule has 5 heteroatoms. The smallest absolute Gasteiger partial charge is 0.216 e. The van der Waals surface area contributed by atoms with Crippen molar-refractivity contribution in [2.45, 2.75) is 25.1 Å². The minimum absolute atomic E-state index is 0.00714. The second-order valence-electron chi connectivity index (χ2n) is 5.59. The highest BCUT2D eigenvalue weighted by Crippen LogP contribution is 2.32. The normalized spacial score (nSPS) is 17.6. The van der Waals surface area contributed by atoms with E-state index in [0.29, 0.717) is 13.0 Å². The second-order valence-corrected chi connectivity index (χ2v) is 7.34. The first-order chi connectivity index (χ1) is 10.5. The van der Waals surface area contributed by atoms with Gasteiger partial charge < -0.3 is 4.74 Å². The molecule has 2 aromatic carbocycles. The highest BCUT2D eigenvalue weighted by Gasteiger charge is 2.25. The van der Waals surface area contributed by atoms with Crippen molar-refractivity contribution in [3.05, 3.63) is 65.2 Å².